The van der Waals surface area contributed by atoms with E-state index < -0.39 is 0 Å². The van der Waals surface area contributed by atoms with Crippen LogP contribution in [0.2, 0.25) is 10.0 Å². The van der Waals surface area contributed by atoms with Crippen LogP contribution in [0.4, 0.5) is 0 Å². The van der Waals surface area contributed by atoms with Crippen molar-refractivity contribution in [3.8, 4) is 5.75 Å². The monoisotopic (exact) mass is 490 g/mol. The second-order valence-electron chi connectivity index (χ2n) is 6.46. The van der Waals surface area contributed by atoms with E-state index in [9.17, 15) is 0 Å². The summed E-state index contributed by atoms with van der Waals surface area (Å²) in [5.74, 6) is 0.828. The van der Waals surface area contributed by atoms with E-state index in [-0.39, 0.29) is 17.0 Å². The fourth-order valence-electron chi connectivity index (χ4n) is 3.27. The number of para-hydroxylation sites is 3. The average Bonchev–Trinajstić information content (AvgIpc) is 2.97. The first-order chi connectivity index (χ1) is 13.6. The Balaban J connectivity index is 0.00000240. The molecule has 0 atom stereocenters. The van der Waals surface area contributed by atoms with Crippen molar-refractivity contribution in [2.75, 3.05) is 6.61 Å². The van der Waals surface area contributed by atoms with Crippen molar-refractivity contribution in [3.05, 3.63) is 94.0 Å². The van der Waals surface area contributed by atoms with Crippen LogP contribution in [0.25, 0.3) is 11.0 Å². The normalized spacial score (nSPS) is 10.7. The maximum Gasteiger partial charge on any atom is 0.203 e. The Morgan fingerprint density at radius 2 is 1.45 bits per heavy atom. The zero-order chi connectivity index (χ0) is 19.5. The number of benzene rings is 3. The van der Waals surface area contributed by atoms with Crippen LogP contribution in [-0.4, -0.2) is 15.7 Å². The number of imidazole rings is 1. The van der Waals surface area contributed by atoms with Gasteiger partial charge in [0.2, 0.25) is 5.62 Å². The Morgan fingerprint density at radius 1 is 0.793 bits per heavy atom. The third-order valence-corrected chi connectivity index (χ3v) is 5.37. The summed E-state index contributed by atoms with van der Waals surface area (Å²) in [7, 11) is 0. The number of hydrogen-bond acceptors (Lipinski definition) is 2. The van der Waals surface area contributed by atoms with Gasteiger partial charge in [-0.2, -0.15) is 0 Å². The van der Waals surface area contributed by atoms with Crippen LogP contribution in [0, 0.1) is 5.41 Å². The molecule has 4 nitrogen and oxygen atoms in total. The molecular formula is C22H19BrCl2N3O-. The van der Waals surface area contributed by atoms with Crippen LogP contribution in [0.5, 0.6) is 5.75 Å². The highest BCUT2D eigenvalue weighted by molar-refractivity contribution is 6.42. The summed E-state index contributed by atoms with van der Waals surface area (Å²) in [5, 5.41) is 9.76. The molecule has 1 aromatic heterocycles. The summed E-state index contributed by atoms with van der Waals surface area (Å²) in [5.41, 5.74) is 3.42. The van der Waals surface area contributed by atoms with Crippen LogP contribution in [0.1, 0.15) is 5.56 Å². The van der Waals surface area contributed by atoms with Crippen molar-refractivity contribution in [1.82, 2.24) is 9.13 Å². The van der Waals surface area contributed by atoms with Gasteiger partial charge in [-0.15, -0.1) is 0 Å². The van der Waals surface area contributed by atoms with Gasteiger partial charge in [-0.3, -0.25) is 5.41 Å². The van der Waals surface area contributed by atoms with E-state index in [0.29, 0.717) is 35.4 Å². The highest BCUT2D eigenvalue weighted by Crippen LogP contribution is 2.23. The van der Waals surface area contributed by atoms with Crippen molar-refractivity contribution in [2.45, 2.75) is 13.1 Å². The molecule has 7 heteroatoms. The van der Waals surface area contributed by atoms with Crippen molar-refractivity contribution in [2.24, 2.45) is 0 Å². The molecule has 0 fully saturated rings. The average molecular weight is 492 g/mol. The first kappa shape index (κ1) is 21.5. The van der Waals surface area contributed by atoms with E-state index in [1.807, 2.05) is 75.9 Å². The van der Waals surface area contributed by atoms with Crippen LogP contribution >= 0.6 is 23.2 Å². The minimum absolute atomic E-state index is 0. The van der Waals surface area contributed by atoms with Gasteiger partial charge in [0.05, 0.1) is 34.2 Å². The molecule has 150 valence electrons. The van der Waals surface area contributed by atoms with Gasteiger partial charge in [-0.05, 0) is 42.0 Å². The number of rotatable bonds is 6. The molecule has 0 saturated heterocycles. The lowest BCUT2D eigenvalue weighted by atomic mass is 10.2. The highest BCUT2D eigenvalue weighted by atomic mass is 79.9. The molecule has 1 N–H and O–H groups in total. The molecule has 4 rings (SSSR count). The molecule has 3 aromatic carbocycles. The minimum atomic E-state index is 0. The Hall–Kier alpha value is -2.21. The number of ether oxygens (including phenoxy) is 1. The van der Waals surface area contributed by atoms with Gasteiger partial charge in [0.25, 0.3) is 0 Å². The second kappa shape index (κ2) is 9.53. The fourth-order valence-corrected chi connectivity index (χ4v) is 3.59. The molecule has 0 bridgehead atoms. The number of hydrogen-bond donors (Lipinski definition) is 1. The summed E-state index contributed by atoms with van der Waals surface area (Å²) < 4.78 is 9.76. The van der Waals surface area contributed by atoms with E-state index in [4.69, 9.17) is 33.3 Å². The molecule has 0 saturated carbocycles. The molecule has 0 unspecified atom stereocenters. The van der Waals surface area contributed by atoms with Crippen molar-refractivity contribution >= 4 is 34.2 Å². The first-order valence-corrected chi connectivity index (χ1v) is 9.73. The molecule has 0 radical (unpaired) electrons. The standard InChI is InChI=1S/C22H19Cl2N3O.BrH/c23-18-11-10-16(14-19(18)24)15-27-21-9-5-4-8-20(21)26(22(27)25)12-13-28-17-6-2-1-3-7-17;/h1-11,14,25H,12-13,15H2;1H/p-1. The van der Waals surface area contributed by atoms with Crippen LogP contribution in [0.3, 0.4) is 0 Å². The zero-order valence-electron chi connectivity index (χ0n) is 15.5. The van der Waals surface area contributed by atoms with Gasteiger partial charge in [-0.25, -0.2) is 0 Å². The van der Waals surface area contributed by atoms with Gasteiger partial charge >= 0.3 is 0 Å². The van der Waals surface area contributed by atoms with Gasteiger partial charge in [-0.1, -0.05) is 59.6 Å². The van der Waals surface area contributed by atoms with Gasteiger partial charge in [0.1, 0.15) is 12.4 Å². The Kier molecular flexibility index (Phi) is 7.06. The Bertz CT molecular complexity index is 1170. The molecule has 0 aliphatic rings. The largest absolute Gasteiger partial charge is 1.00 e. The number of nitrogens with zero attached hydrogens (tertiary/aromatic N) is 2. The third kappa shape index (κ3) is 4.69. The quantitative estimate of drug-likeness (QED) is 0.442. The minimum Gasteiger partial charge on any atom is -1.00 e. The maximum atomic E-state index is 8.71. The smallest absolute Gasteiger partial charge is 0.203 e. The lowest BCUT2D eigenvalue weighted by Crippen LogP contribution is -3.00. The SMILES string of the molecule is N=c1n(CCOc2ccccc2)c2ccccc2n1Cc1ccc(Cl)c(Cl)c1.[Br-]. The van der Waals surface area contributed by atoms with Gasteiger partial charge < -0.3 is 30.9 Å². The van der Waals surface area contributed by atoms with E-state index in [1.54, 1.807) is 6.07 Å². The molecule has 0 aliphatic carbocycles. The summed E-state index contributed by atoms with van der Waals surface area (Å²) in [6.07, 6.45) is 0. The second-order valence-corrected chi connectivity index (χ2v) is 7.27. The topological polar surface area (TPSA) is 42.9 Å². The third-order valence-electron chi connectivity index (χ3n) is 4.63. The van der Waals surface area contributed by atoms with Crippen LogP contribution < -0.4 is 27.3 Å². The van der Waals surface area contributed by atoms with Crippen LogP contribution in [-0.2, 0) is 13.1 Å². The fraction of sp³-hybridized carbons (Fsp3) is 0.136. The predicted molar refractivity (Wildman–Crippen MR) is 113 cm³/mol. The molecule has 4 aromatic rings. The first-order valence-electron chi connectivity index (χ1n) is 8.98. The molecular weight excluding hydrogens is 473 g/mol. The molecule has 0 aliphatic heterocycles. The maximum absolute atomic E-state index is 8.71. The number of fused-ring (bicyclic) bond motifs is 1. The molecule has 1 heterocycles. The summed E-state index contributed by atoms with van der Waals surface area (Å²) in [4.78, 5) is 0. The van der Waals surface area contributed by atoms with Crippen LogP contribution in [0.15, 0.2) is 72.8 Å². The molecule has 0 amide bonds. The zero-order valence-corrected chi connectivity index (χ0v) is 18.6. The lowest BCUT2D eigenvalue weighted by molar-refractivity contribution is -0.00000609. The lowest BCUT2D eigenvalue weighted by Gasteiger charge is -2.08. The number of aromatic nitrogens is 2. The van der Waals surface area contributed by atoms with Crippen molar-refractivity contribution < 1.29 is 21.7 Å². The Labute approximate surface area is 189 Å². The summed E-state index contributed by atoms with van der Waals surface area (Å²) >= 11 is 12.2. The van der Waals surface area contributed by atoms with Crippen molar-refractivity contribution in [1.29, 1.82) is 5.41 Å². The number of nitrogens with one attached hydrogen (secondary N) is 1. The molecule has 29 heavy (non-hydrogen) atoms. The summed E-state index contributed by atoms with van der Waals surface area (Å²) in [6.45, 7) is 1.62. The van der Waals surface area contributed by atoms with Crippen molar-refractivity contribution in [3.63, 3.8) is 0 Å². The van der Waals surface area contributed by atoms with Gasteiger partial charge in [0.15, 0.2) is 0 Å². The van der Waals surface area contributed by atoms with E-state index in [0.717, 1.165) is 22.3 Å². The molecule has 0 spiro atoms. The number of halogens is 3. The summed E-state index contributed by atoms with van der Waals surface area (Å²) in [6, 6.07) is 23.3. The predicted octanol–water partition coefficient (Wildman–Crippen LogP) is 2.36. The Morgan fingerprint density at radius 3 is 2.14 bits per heavy atom. The van der Waals surface area contributed by atoms with E-state index in [1.165, 1.54) is 0 Å². The van der Waals surface area contributed by atoms with E-state index in [2.05, 4.69) is 0 Å². The van der Waals surface area contributed by atoms with E-state index >= 15 is 0 Å². The van der Waals surface area contributed by atoms with Gasteiger partial charge in [0, 0.05) is 0 Å². The highest BCUT2D eigenvalue weighted by Gasteiger charge is 2.11.